The first-order chi connectivity index (χ1) is 5.38. The first kappa shape index (κ1) is 9.93. The number of nitrogens with zero attached hydrogens (tertiary/aromatic N) is 1. The van der Waals surface area contributed by atoms with Crippen LogP contribution in [0.1, 0.15) is 20.8 Å². The molecule has 1 aliphatic rings. The van der Waals surface area contributed by atoms with E-state index in [0.29, 0.717) is 13.1 Å². The Morgan fingerprint density at radius 3 is 2.42 bits per heavy atom. The molecule has 0 radical (unpaired) electrons. The van der Waals surface area contributed by atoms with Crippen molar-refractivity contribution >= 4 is 0 Å². The maximum atomic E-state index is 13.0. The molecule has 1 heterocycles. The smallest absolute Gasteiger partial charge is 0.116 e. The molecule has 1 saturated heterocycles. The number of aliphatic hydroxyl groups is 1. The largest absolute Gasteiger partial charge is 0.389 e. The average Bonchev–Trinajstić information content (AvgIpc) is 2.07. The molecule has 0 aromatic rings. The van der Waals surface area contributed by atoms with E-state index in [1.54, 1.807) is 13.8 Å². The number of hydrogen-bond acceptors (Lipinski definition) is 2. The normalized spacial score (nSPS) is 32.8. The van der Waals surface area contributed by atoms with Gasteiger partial charge < -0.3 is 5.11 Å². The highest BCUT2D eigenvalue weighted by Crippen LogP contribution is 2.20. The summed E-state index contributed by atoms with van der Waals surface area (Å²) in [6.07, 6.45) is -0.715. The third-order valence-electron chi connectivity index (χ3n) is 2.21. The third-order valence-corrected chi connectivity index (χ3v) is 2.21. The van der Waals surface area contributed by atoms with Crippen LogP contribution in [0.5, 0.6) is 0 Å². The molecular formula is C9H18FNO. The number of alkyl halides is 1. The molecular weight excluding hydrogens is 157 g/mol. The van der Waals surface area contributed by atoms with Crippen LogP contribution in [0, 0.1) is 5.92 Å². The Balaban J connectivity index is 2.38. The van der Waals surface area contributed by atoms with Gasteiger partial charge in [-0.25, -0.2) is 4.39 Å². The summed E-state index contributed by atoms with van der Waals surface area (Å²) in [5.74, 6) is 0.118. The topological polar surface area (TPSA) is 23.5 Å². The van der Waals surface area contributed by atoms with Gasteiger partial charge >= 0.3 is 0 Å². The van der Waals surface area contributed by atoms with Crippen molar-refractivity contribution in [3.05, 3.63) is 0 Å². The van der Waals surface area contributed by atoms with Crippen LogP contribution in [0.15, 0.2) is 0 Å². The van der Waals surface area contributed by atoms with Gasteiger partial charge in [0.2, 0.25) is 0 Å². The highest BCUT2D eigenvalue weighted by molar-refractivity contribution is 4.84. The molecule has 2 unspecified atom stereocenters. The van der Waals surface area contributed by atoms with Crippen LogP contribution in [0.25, 0.3) is 0 Å². The van der Waals surface area contributed by atoms with Gasteiger partial charge in [-0.2, -0.15) is 0 Å². The maximum Gasteiger partial charge on any atom is 0.116 e. The Hall–Kier alpha value is -0.150. The Labute approximate surface area is 73.4 Å². The van der Waals surface area contributed by atoms with Crippen LogP contribution in [-0.4, -0.2) is 41.4 Å². The fourth-order valence-corrected chi connectivity index (χ4v) is 1.70. The van der Waals surface area contributed by atoms with Crippen molar-refractivity contribution in [2.24, 2.45) is 5.92 Å². The SMILES string of the molecule is CC1CN(CC(C)(C)O)CC1F. The van der Waals surface area contributed by atoms with Crippen molar-refractivity contribution < 1.29 is 9.50 Å². The molecule has 0 amide bonds. The van der Waals surface area contributed by atoms with E-state index < -0.39 is 11.8 Å². The van der Waals surface area contributed by atoms with Crippen molar-refractivity contribution in [1.29, 1.82) is 0 Å². The lowest BCUT2D eigenvalue weighted by Crippen LogP contribution is -2.37. The van der Waals surface area contributed by atoms with E-state index in [0.717, 1.165) is 6.54 Å². The van der Waals surface area contributed by atoms with Gasteiger partial charge in [0.25, 0.3) is 0 Å². The Bertz CT molecular complexity index is 145. The van der Waals surface area contributed by atoms with Gasteiger partial charge in [-0.3, -0.25) is 4.90 Å². The lowest BCUT2D eigenvalue weighted by Gasteiger charge is -2.24. The summed E-state index contributed by atoms with van der Waals surface area (Å²) in [7, 11) is 0. The molecule has 1 fully saturated rings. The Morgan fingerprint density at radius 1 is 1.50 bits per heavy atom. The van der Waals surface area contributed by atoms with E-state index in [1.165, 1.54) is 0 Å². The lowest BCUT2D eigenvalue weighted by atomic mass is 10.1. The van der Waals surface area contributed by atoms with E-state index in [-0.39, 0.29) is 5.92 Å². The van der Waals surface area contributed by atoms with Crippen LogP contribution in [0.4, 0.5) is 4.39 Å². The minimum Gasteiger partial charge on any atom is -0.389 e. The summed E-state index contributed by atoms with van der Waals surface area (Å²) in [6.45, 7) is 7.23. The maximum absolute atomic E-state index is 13.0. The molecule has 3 heteroatoms. The highest BCUT2D eigenvalue weighted by Gasteiger charge is 2.31. The fourth-order valence-electron chi connectivity index (χ4n) is 1.70. The molecule has 0 aromatic heterocycles. The molecule has 1 rings (SSSR count). The van der Waals surface area contributed by atoms with Gasteiger partial charge in [0.15, 0.2) is 0 Å². The predicted octanol–water partition coefficient (Wildman–Crippen LogP) is 1.05. The number of rotatable bonds is 2. The molecule has 2 nitrogen and oxygen atoms in total. The quantitative estimate of drug-likeness (QED) is 0.678. The van der Waals surface area contributed by atoms with Gasteiger partial charge in [-0.1, -0.05) is 6.92 Å². The Kier molecular flexibility index (Phi) is 2.74. The van der Waals surface area contributed by atoms with E-state index in [1.807, 2.05) is 11.8 Å². The van der Waals surface area contributed by atoms with Gasteiger partial charge in [0.1, 0.15) is 6.17 Å². The molecule has 0 spiro atoms. The van der Waals surface area contributed by atoms with Crippen LogP contribution in [0.3, 0.4) is 0 Å². The zero-order valence-electron chi connectivity index (χ0n) is 8.05. The van der Waals surface area contributed by atoms with Crippen molar-refractivity contribution in [2.45, 2.75) is 32.5 Å². The summed E-state index contributed by atoms with van der Waals surface area (Å²) in [5, 5.41) is 9.49. The number of likely N-dealkylation sites (tertiary alicyclic amines) is 1. The number of halogens is 1. The number of β-amino-alcohol motifs (C(OH)–C–C–N with tert-alkyl or cyclic N) is 1. The molecule has 1 aliphatic heterocycles. The zero-order valence-corrected chi connectivity index (χ0v) is 8.05. The molecule has 0 aliphatic carbocycles. The number of hydrogen-bond donors (Lipinski definition) is 1. The molecule has 0 saturated carbocycles. The van der Waals surface area contributed by atoms with Crippen LogP contribution in [-0.2, 0) is 0 Å². The average molecular weight is 175 g/mol. The van der Waals surface area contributed by atoms with Crippen molar-refractivity contribution in [1.82, 2.24) is 4.90 Å². The van der Waals surface area contributed by atoms with Crippen LogP contribution in [0.2, 0.25) is 0 Å². The minimum atomic E-state index is -0.715. The zero-order chi connectivity index (χ0) is 9.35. The molecule has 0 aromatic carbocycles. The molecule has 72 valence electrons. The second kappa shape index (κ2) is 3.30. The second-order valence-electron chi connectivity index (χ2n) is 4.50. The summed E-state index contributed by atoms with van der Waals surface area (Å²) in [6, 6.07) is 0. The lowest BCUT2D eigenvalue weighted by molar-refractivity contribution is 0.0418. The molecule has 12 heavy (non-hydrogen) atoms. The Morgan fingerprint density at radius 2 is 2.08 bits per heavy atom. The summed E-state index contributed by atoms with van der Waals surface area (Å²) in [5.41, 5.74) is -0.705. The van der Waals surface area contributed by atoms with E-state index in [4.69, 9.17) is 0 Å². The monoisotopic (exact) mass is 175 g/mol. The first-order valence-corrected chi connectivity index (χ1v) is 4.47. The van der Waals surface area contributed by atoms with Crippen molar-refractivity contribution in [3.63, 3.8) is 0 Å². The van der Waals surface area contributed by atoms with E-state index >= 15 is 0 Å². The highest BCUT2D eigenvalue weighted by atomic mass is 19.1. The summed E-state index contributed by atoms with van der Waals surface area (Å²) in [4.78, 5) is 1.98. The second-order valence-corrected chi connectivity index (χ2v) is 4.50. The van der Waals surface area contributed by atoms with Crippen molar-refractivity contribution in [3.8, 4) is 0 Å². The predicted molar refractivity (Wildman–Crippen MR) is 46.8 cm³/mol. The van der Waals surface area contributed by atoms with Crippen LogP contribution < -0.4 is 0 Å². The molecule has 0 bridgehead atoms. The standard InChI is InChI=1S/C9H18FNO/c1-7-4-11(5-8(7)10)6-9(2,3)12/h7-8,12H,4-6H2,1-3H3. The minimum absolute atomic E-state index is 0.118. The summed E-state index contributed by atoms with van der Waals surface area (Å²) >= 11 is 0. The first-order valence-electron chi connectivity index (χ1n) is 4.47. The van der Waals surface area contributed by atoms with E-state index in [2.05, 4.69) is 0 Å². The summed E-state index contributed by atoms with van der Waals surface area (Å²) < 4.78 is 13.0. The van der Waals surface area contributed by atoms with Gasteiger partial charge in [-0.05, 0) is 13.8 Å². The van der Waals surface area contributed by atoms with Crippen molar-refractivity contribution in [2.75, 3.05) is 19.6 Å². The van der Waals surface area contributed by atoms with Gasteiger partial charge in [0.05, 0.1) is 5.60 Å². The van der Waals surface area contributed by atoms with Crippen LogP contribution >= 0.6 is 0 Å². The van der Waals surface area contributed by atoms with Gasteiger partial charge in [-0.15, -0.1) is 0 Å². The molecule has 2 atom stereocenters. The van der Waals surface area contributed by atoms with Gasteiger partial charge in [0, 0.05) is 25.6 Å². The third kappa shape index (κ3) is 2.72. The fraction of sp³-hybridized carbons (Fsp3) is 1.00. The van der Waals surface area contributed by atoms with E-state index in [9.17, 15) is 9.50 Å². The molecule has 1 N–H and O–H groups in total.